The number of aromatic nitrogens is 3. The molecule has 156 valence electrons. The number of ether oxygens (including phenoxy) is 1. The van der Waals surface area contributed by atoms with E-state index < -0.39 is 0 Å². The first kappa shape index (κ1) is 20.7. The fourth-order valence-electron chi connectivity index (χ4n) is 4.13. The minimum atomic E-state index is -0.193. The van der Waals surface area contributed by atoms with Crippen LogP contribution in [0.3, 0.4) is 0 Å². The Bertz CT molecular complexity index is 990. The lowest BCUT2D eigenvalue weighted by Gasteiger charge is -2.40. The third kappa shape index (κ3) is 3.94. The second kappa shape index (κ2) is 8.31. The largest absolute Gasteiger partial charge is 0.370 e. The number of carbonyl (C=O) groups excluding carboxylic acids is 1. The van der Waals surface area contributed by atoms with Crippen molar-refractivity contribution in [3.8, 4) is 0 Å². The number of rotatable bonds is 4. The molecule has 0 radical (unpaired) electrons. The quantitative estimate of drug-likeness (QED) is 0.634. The highest BCUT2D eigenvalue weighted by molar-refractivity contribution is 7.16. The molecule has 5 rings (SSSR count). The van der Waals surface area contributed by atoms with Crippen LogP contribution in [-0.2, 0) is 23.2 Å². The van der Waals surface area contributed by atoms with Gasteiger partial charge in [0.15, 0.2) is 0 Å². The number of piperidine rings is 1. The van der Waals surface area contributed by atoms with Gasteiger partial charge in [-0.15, -0.1) is 23.7 Å². The fraction of sp³-hybridized carbons (Fsp3) is 0.526. The molecule has 5 heterocycles. The second-order valence-electron chi connectivity index (χ2n) is 7.38. The van der Waals surface area contributed by atoms with E-state index in [1.54, 1.807) is 22.7 Å². The van der Waals surface area contributed by atoms with Crippen LogP contribution in [0.25, 0.3) is 4.96 Å². The number of amides is 1. The van der Waals surface area contributed by atoms with Crippen LogP contribution in [0.1, 0.15) is 43.7 Å². The summed E-state index contributed by atoms with van der Waals surface area (Å²) in [5.74, 6) is -0.00141. The van der Waals surface area contributed by atoms with Crippen molar-refractivity contribution in [3.63, 3.8) is 0 Å². The highest BCUT2D eigenvalue weighted by Gasteiger charge is 2.40. The first-order chi connectivity index (χ1) is 13.6. The minimum Gasteiger partial charge on any atom is -0.370 e. The predicted octanol–water partition coefficient (Wildman–Crippen LogP) is 2.71. The number of aryl methyl sites for hydroxylation is 1. The Hall–Kier alpha value is -1.52. The molecule has 29 heavy (non-hydrogen) atoms. The van der Waals surface area contributed by atoms with Gasteiger partial charge in [-0.3, -0.25) is 4.79 Å². The van der Waals surface area contributed by atoms with E-state index in [4.69, 9.17) is 4.74 Å². The zero-order valence-electron chi connectivity index (χ0n) is 16.2. The van der Waals surface area contributed by atoms with Gasteiger partial charge in [-0.25, -0.2) is 9.50 Å². The van der Waals surface area contributed by atoms with Crippen molar-refractivity contribution < 1.29 is 9.53 Å². The standard InChI is InChI=1S/C19H23N5O2S2.ClH/c1-12-23-24-11-13(22-18(24)27-12)2-6-21-17(25)16-10-14-15(28-16)3-9-26-19(14)4-7-20-8-5-19;/h10-11,20H,2-9H2,1H3,(H,21,25);1H. The molecule has 3 aromatic rings. The van der Waals surface area contributed by atoms with Crippen molar-refractivity contribution in [1.82, 2.24) is 25.2 Å². The number of fused-ring (bicyclic) bond motifs is 3. The van der Waals surface area contributed by atoms with Crippen LogP contribution in [0.5, 0.6) is 0 Å². The second-order valence-corrected chi connectivity index (χ2v) is 9.67. The maximum atomic E-state index is 12.7. The monoisotopic (exact) mass is 453 g/mol. The third-order valence-corrected chi connectivity index (χ3v) is 7.53. The molecule has 0 aliphatic carbocycles. The molecule has 10 heteroatoms. The normalized spacial score (nSPS) is 17.8. The smallest absolute Gasteiger partial charge is 0.261 e. The van der Waals surface area contributed by atoms with Crippen LogP contribution in [0.2, 0.25) is 0 Å². The summed E-state index contributed by atoms with van der Waals surface area (Å²) in [6.45, 7) is 5.22. The number of carbonyl (C=O) groups is 1. The van der Waals surface area contributed by atoms with Gasteiger partial charge in [0.25, 0.3) is 5.91 Å². The van der Waals surface area contributed by atoms with E-state index >= 15 is 0 Å². The summed E-state index contributed by atoms with van der Waals surface area (Å²) in [5.41, 5.74) is 2.00. The Morgan fingerprint density at radius 2 is 2.21 bits per heavy atom. The average Bonchev–Trinajstić information content (AvgIpc) is 3.36. The van der Waals surface area contributed by atoms with E-state index in [0.717, 1.165) is 59.5 Å². The number of nitrogens with one attached hydrogen (secondary N) is 2. The number of hydrogen-bond donors (Lipinski definition) is 2. The SMILES string of the molecule is Cc1nn2cc(CCNC(=O)c3cc4c(s3)CCOC43CCNCC3)nc2s1.Cl. The van der Waals surface area contributed by atoms with Gasteiger partial charge in [0.2, 0.25) is 4.96 Å². The summed E-state index contributed by atoms with van der Waals surface area (Å²) < 4.78 is 8.02. The maximum absolute atomic E-state index is 12.7. The van der Waals surface area contributed by atoms with Gasteiger partial charge in [-0.05, 0) is 44.5 Å². The molecule has 2 aliphatic heterocycles. The van der Waals surface area contributed by atoms with Crippen LogP contribution in [0.15, 0.2) is 12.3 Å². The summed E-state index contributed by atoms with van der Waals surface area (Å²) in [7, 11) is 0. The Labute approximate surface area is 183 Å². The molecule has 1 spiro atoms. The summed E-state index contributed by atoms with van der Waals surface area (Å²) in [4.78, 5) is 20.3. The molecule has 0 bridgehead atoms. The Kier molecular flexibility index (Phi) is 5.94. The Morgan fingerprint density at radius 3 is 3.00 bits per heavy atom. The number of nitrogens with zero attached hydrogens (tertiary/aromatic N) is 3. The molecule has 0 aromatic carbocycles. The topological polar surface area (TPSA) is 80.5 Å². The minimum absolute atomic E-state index is 0. The fourth-order valence-corrected chi connectivity index (χ4v) is 6.02. The predicted molar refractivity (Wildman–Crippen MR) is 117 cm³/mol. The lowest BCUT2D eigenvalue weighted by atomic mass is 9.83. The van der Waals surface area contributed by atoms with Gasteiger partial charge < -0.3 is 15.4 Å². The van der Waals surface area contributed by atoms with Crippen molar-refractivity contribution in [2.75, 3.05) is 26.2 Å². The summed E-state index contributed by atoms with van der Waals surface area (Å²) in [5, 5.41) is 11.8. The van der Waals surface area contributed by atoms with Gasteiger partial charge in [0.1, 0.15) is 5.01 Å². The first-order valence-corrected chi connectivity index (χ1v) is 11.3. The molecule has 0 saturated carbocycles. The Morgan fingerprint density at radius 1 is 1.38 bits per heavy atom. The molecule has 3 aromatic heterocycles. The number of imidazole rings is 1. The van der Waals surface area contributed by atoms with Crippen LogP contribution in [0, 0.1) is 6.92 Å². The van der Waals surface area contributed by atoms with E-state index in [-0.39, 0.29) is 23.9 Å². The molecule has 2 aliphatic rings. The number of halogens is 1. The van der Waals surface area contributed by atoms with Crippen molar-refractivity contribution in [2.45, 2.75) is 38.2 Å². The average molecular weight is 454 g/mol. The van der Waals surface area contributed by atoms with E-state index in [0.29, 0.717) is 13.0 Å². The van der Waals surface area contributed by atoms with Gasteiger partial charge in [-0.1, -0.05) is 11.3 Å². The third-order valence-electron chi connectivity index (χ3n) is 5.50. The van der Waals surface area contributed by atoms with Crippen molar-refractivity contribution in [1.29, 1.82) is 0 Å². The molecule has 1 fully saturated rings. The van der Waals surface area contributed by atoms with E-state index in [1.165, 1.54) is 10.4 Å². The van der Waals surface area contributed by atoms with Crippen molar-refractivity contribution >= 4 is 45.9 Å². The van der Waals surface area contributed by atoms with Crippen LogP contribution < -0.4 is 10.6 Å². The van der Waals surface area contributed by atoms with Crippen molar-refractivity contribution in [3.05, 3.63) is 38.3 Å². The highest BCUT2D eigenvalue weighted by atomic mass is 35.5. The molecule has 0 atom stereocenters. The number of hydrogen-bond acceptors (Lipinski definition) is 7. The van der Waals surface area contributed by atoms with E-state index in [9.17, 15) is 4.79 Å². The lowest BCUT2D eigenvalue weighted by molar-refractivity contribution is -0.0792. The molecule has 0 unspecified atom stereocenters. The Balaban J connectivity index is 0.00000205. The number of thiophene rings is 1. The summed E-state index contributed by atoms with van der Waals surface area (Å²) >= 11 is 3.20. The summed E-state index contributed by atoms with van der Waals surface area (Å²) in [6, 6.07) is 2.07. The van der Waals surface area contributed by atoms with E-state index in [1.807, 2.05) is 17.6 Å². The van der Waals surface area contributed by atoms with Crippen LogP contribution in [0.4, 0.5) is 0 Å². The lowest BCUT2D eigenvalue weighted by Crippen LogP contribution is -2.44. The molecule has 7 nitrogen and oxygen atoms in total. The van der Waals surface area contributed by atoms with Crippen LogP contribution >= 0.6 is 35.1 Å². The maximum Gasteiger partial charge on any atom is 0.261 e. The summed E-state index contributed by atoms with van der Waals surface area (Å²) in [6.07, 6.45) is 5.49. The zero-order valence-corrected chi connectivity index (χ0v) is 18.6. The first-order valence-electron chi connectivity index (χ1n) is 9.71. The zero-order chi connectivity index (χ0) is 19.1. The molecule has 1 saturated heterocycles. The van der Waals surface area contributed by atoms with Gasteiger partial charge in [0, 0.05) is 24.3 Å². The van der Waals surface area contributed by atoms with E-state index in [2.05, 4.69) is 26.8 Å². The molecular formula is C19H24ClN5O2S2. The van der Waals surface area contributed by atoms with Crippen LogP contribution in [-0.4, -0.2) is 46.7 Å². The molecular weight excluding hydrogens is 430 g/mol. The highest BCUT2D eigenvalue weighted by Crippen LogP contribution is 2.43. The van der Waals surface area contributed by atoms with Gasteiger partial charge in [-0.2, -0.15) is 5.10 Å². The van der Waals surface area contributed by atoms with Gasteiger partial charge >= 0.3 is 0 Å². The molecule has 2 N–H and O–H groups in total. The molecule has 1 amide bonds. The van der Waals surface area contributed by atoms with Crippen molar-refractivity contribution in [2.24, 2.45) is 0 Å². The van der Waals surface area contributed by atoms with Gasteiger partial charge in [0.05, 0.1) is 29.0 Å².